The number of carbonyl (C=O) groups is 1. The second-order valence-corrected chi connectivity index (χ2v) is 5.36. The molecule has 11 nitrogen and oxygen atoms in total. The van der Waals surface area contributed by atoms with E-state index in [2.05, 4.69) is 10.3 Å². The number of carbonyl (C=O) groups excluding carboxylic acids is 1. The van der Waals surface area contributed by atoms with E-state index in [9.17, 15) is 29.9 Å². The van der Waals surface area contributed by atoms with Crippen LogP contribution in [0.25, 0.3) is 0 Å². The molecule has 2 aromatic rings. The van der Waals surface area contributed by atoms with E-state index < -0.39 is 28.1 Å². The lowest BCUT2D eigenvalue weighted by atomic mass is 10.1. The van der Waals surface area contributed by atoms with Crippen molar-refractivity contribution < 1.29 is 19.9 Å². The van der Waals surface area contributed by atoms with Crippen LogP contribution >= 0.6 is 0 Å². The minimum absolute atomic E-state index is 0.00304. The van der Waals surface area contributed by atoms with Crippen LogP contribution in [0.1, 0.15) is 16.7 Å². The van der Waals surface area contributed by atoms with Gasteiger partial charge in [0.1, 0.15) is 17.4 Å². The molecule has 27 heavy (non-hydrogen) atoms. The minimum atomic E-state index is -0.953. The van der Waals surface area contributed by atoms with Gasteiger partial charge >= 0.3 is 6.03 Å². The highest BCUT2D eigenvalue weighted by Gasteiger charge is 2.16. The summed E-state index contributed by atoms with van der Waals surface area (Å²) in [7, 11) is 1.25. The normalized spacial score (nSPS) is 10.6. The zero-order valence-corrected chi connectivity index (χ0v) is 14.1. The maximum Gasteiger partial charge on any atom is 0.345 e. The molecule has 2 rings (SSSR count). The maximum absolute atomic E-state index is 11.9. The number of hydrogen-bond acceptors (Lipinski definition) is 7. The number of aromatic hydroxyl groups is 2. The predicted molar refractivity (Wildman–Crippen MR) is 94.2 cm³/mol. The zero-order chi connectivity index (χ0) is 20.3. The van der Waals surface area contributed by atoms with Crippen molar-refractivity contribution in [2.75, 3.05) is 5.32 Å². The summed E-state index contributed by atoms with van der Waals surface area (Å²) in [5, 5.41) is 41.6. The number of nitrogens with one attached hydrogen (secondary N) is 1. The average molecular weight is 371 g/mol. The Hall–Kier alpha value is -4.20. The van der Waals surface area contributed by atoms with Gasteiger partial charge in [-0.2, -0.15) is 5.26 Å². The molecule has 0 atom stereocenters. The molecule has 3 N–H and O–H groups in total. The summed E-state index contributed by atoms with van der Waals surface area (Å²) in [6, 6.07) is 3.85. The maximum atomic E-state index is 11.9. The number of phenols is 1. The number of urea groups is 1. The SMILES string of the molecule is Cc1c(/C=N/C(=O)Nc2ccc([N+](=O)[O-])cc2O)c(O)n(C)c(=O)c1C#N. The number of nitro groups is 1. The zero-order valence-electron chi connectivity index (χ0n) is 14.1. The van der Waals surface area contributed by atoms with E-state index in [4.69, 9.17) is 5.26 Å². The number of aromatic nitrogens is 1. The Morgan fingerprint density at radius 2 is 2.11 bits per heavy atom. The first kappa shape index (κ1) is 19.1. The fourth-order valence-electron chi connectivity index (χ4n) is 2.20. The number of pyridine rings is 1. The third kappa shape index (κ3) is 3.74. The van der Waals surface area contributed by atoms with Gasteiger partial charge < -0.3 is 15.5 Å². The van der Waals surface area contributed by atoms with Crippen LogP contribution in [-0.2, 0) is 7.05 Å². The van der Waals surface area contributed by atoms with Crippen molar-refractivity contribution in [3.63, 3.8) is 0 Å². The number of benzene rings is 1. The molecule has 1 heterocycles. The van der Waals surface area contributed by atoms with Crippen LogP contribution in [0.5, 0.6) is 11.6 Å². The Kier molecular flexibility index (Phi) is 5.21. The minimum Gasteiger partial charge on any atom is -0.506 e. The molecule has 0 saturated heterocycles. The van der Waals surface area contributed by atoms with Crippen molar-refractivity contribution in [1.29, 1.82) is 5.26 Å². The fraction of sp³-hybridized carbons (Fsp3) is 0.125. The molecule has 0 bridgehead atoms. The van der Waals surface area contributed by atoms with Crippen molar-refractivity contribution in [2.45, 2.75) is 6.92 Å². The van der Waals surface area contributed by atoms with Crippen LogP contribution in [0.15, 0.2) is 28.0 Å². The van der Waals surface area contributed by atoms with Gasteiger partial charge in [-0.05, 0) is 18.6 Å². The van der Waals surface area contributed by atoms with Crippen molar-refractivity contribution >= 4 is 23.6 Å². The highest BCUT2D eigenvalue weighted by atomic mass is 16.6. The van der Waals surface area contributed by atoms with E-state index in [0.717, 1.165) is 29.0 Å². The molecular weight excluding hydrogens is 358 g/mol. The highest BCUT2D eigenvalue weighted by Crippen LogP contribution is 2.28. The third-order valence-electron chi connectivity index (χ3n) is 3.71. The Balaban J connectivity index is 2.31. The van der Waals surface area contributed by atoms with Crippen LogP contribution in [-0.4, -0.2) is 31.9 Å². The van der Waals surface area contributed by atoms with Gasteiger partial charge in [0.05, 0.1) is 22.2 Å². The first-order valence-electron chi connectivity index (χ1n) is 7.32. The summed E-state index contributed by atoms with van der Waals surface area (Å²) in [6.45, 7) is 1.42. The lowest BCUT2D eigenvalue weighted by Gasteiger charge is -2.09. The average Bonchev–Trinajstić information content (AvgIpc) is 2.62. The van der Waals surface area contributed by atoms with E-state index in [-0.39, 0.29) is 28.1 Å². The van der Waals surface area contributed by atoms with Crippen LogP contribution < -0.4 is 10.9 Å². The second-order valence-electron chi connectivity index (χ2n) is 5.36. The van der Waals surface area contributed by atoms with E-state index in [1.165, 1.54) is 14.0 Å². The number of amides is 2. The molecule has 138 valence electrons. The molecule has 0 saturated carbocycles. The van der Waals surface area contributed by atoms with Gasteiger partial charge in [-0.25, -0.2) is 9.79 Å². The van der Waals surface area contributed by atoms with Crippen LogP contribution in [0.4, 0.5) is 16.2 Å². The summed E-state index contributed by atoms with van der Waals surface area (Å²) >= 11 is 0. The van der Waals surface area contributed by atoms with Crippen molar-refractivity contribution in [1.82, 2.24) is 4.57 Å². The number of rotatable bonds is 3. The van der Waals surface area contributed by atoms with Gasteiger partial charge in [0.15, 0.2) is 0 Å². The summed E-state index contributed by atoms with van der Waals surface area (Å²) in [6.07, 6.45) is 0.961. The highest BCUT2D eigenvalue weighted by molar-refractivity contribution is 6.00. The van der Waals surface area contributed by atoms with Crippen LogP contribution in [0.2, 0.25) is 0 Å². The quantitative estimate of drug-likeness (QED) is 0.318. The number of nitriles is 1. The standard InChI is InChI=1S/C16H13N5O6/c1-8-10(6-17)14(23)20(2)15(24)11(8)7-18-16(25)19-12-4-3-9(21(26)27)5-13(12)22/h3-5,7,22,24H,1-2H3,(H,19,25)/b18-7+. The van der Waals surface area contributed by atoms with Gasteiger partial charge in [0.25, 0.3) is 11.2 Å². The van der Waals surface area contributed by atoms with Gasteiger partial charge in [0.2, 0.25) is 5.88 Å². The van der Waals surface area contributed by atoms with E-state index >= 15 is 0 Å². The number of nitro benzene ring substituents is 1. The van der Waals surface area contributed by atoms with E-state index in [1.807, 2.05) is 0 Å². The van der Waals surface area contributed by atoms with Gasteiger partial charge in [-0.15, -0.1) is 0 Å². The molecular formula is C16H13N5O6. The van der Waals surface area contributed by atoms with Gasteiger partial charge in [-0.3, -0.25) is 19.5 Å². The molecule has 0 spiro atoms. The predicted octanol–water partition coefficient (Wildman–Crippen LogP) is 1.54. The Bertz CT molecular complexity index is 1080. The largest absolute Gasteiger partial charge is 0.506 e. The number of phenolic OH excluding ortho intramolecular Hbond substituents is 1. The molecule has 0 aliphatic rings. The summed E-state index contributed by atoms with van der Waals surface area (Å²) in [5.74, 6) is -1.01. The van der Waals surface area contributed by atoms with Crippen molar-refractivity contribution in [2.24, 2.45) is 12.0 Å². The monoisotopic (exact) mass is 371 g/mol. The lowest BCUT2D eigenvalue weighted by molar-refractivity contribution is -0.384. The summed E-state index contributed by atoms with van der Waals surface area (Å²) < 4.78 is 0.840. The Morgan fingerprint density at radius 1 is 1.44 bits per heavy atom. The number of anilines is 1. The Labute approximate surface area is 151 Å². The lowest BCUT2D eigenvalue weighted by Crippen LogP contribution is -2.22. The molecule has 0 unspecified atom stereocenters. The first-order valence-corrected chi connectivity index (χ1v) is 7.32. The molecule has 2 amide bonds. The number of aliphatic imine (C=N–C) groups is 1. The van der Waals surface area contributed by atoms with Crippen molar-refractivity contribution in [3.05, 3.63) is 55.4 Å². The third-order valence-corrected chi connectivity index (χ3v) is 3.71. The molecule has 1 aromatic carbocycles. The molecule has 11 heteroatoms. The fourth-order valence-corrected chi connectivity index (χ4v) is 2.20. The van der Waals surface area contributed by atoms with Crippen LogP contribution in [0.3, 0.4) is 0 Å². The Morgan fingerprint density at radius 3 is 2.67 bits per heavy atom. The van der Waals surface area contributed by atoms with E-state index in [1.54, 1.807) is 6.07 Å². The number of hydrogen-bond donors (Lipinski definition) is 3. The molecule has 1 aromatic heterocycles. The topological polar surface area (TPSA) is 171 Å². The molecule has 0 fully saturated rings. The summed E-state index contributed by atoms with van der Waals surface area (Å²) in [5.41, 5.74) is -1.22. The molecule has 0 aliphatic carbocycles. The smallest absolute Gasteiger partial charge is 0.345 e. The number of nitrogens with zero attached hydrogens (tertiary/aromatic N) is 4. The first-order chi connectivity index (χ1) is 12.7. The van der Waals surface area contributed by atoms with Crippen molar-refractivity contribution in [3.8, 4) is 17.7 Å². The molecule has 0 radical (unpaired) electrons. The van der Waals surface area contributed by atoms with E-state index in [0.29, 0.717) is 0 Å². The second kappa shape index (κ2) is 7.36. The molecule has 0 aliphatic heterocycles. The van der Waals surface area contributed by atoms with Gasteiger partial charge in [0, 0.05) is 19.3 Å². The van der Waals surface area contributed by atoms with Gasteiger partial charge in [-0.1, -0.05) is 0 Å². The summed E-state index contributed by atoms with van der Waals surface area (Å²) in [4.78, 5) is 37.3. The van der Waals surface area contributed by atoms with Crippen LogP contribution in [0, 0.1) is 28.4 Å². The number of non-ortho nitro benzene ring substituents is 1.